The van der Waals surface area contributed by atoms with Crippen LogP contribution >= 0.6 is 0 Å². The number of nitrogens with zero attached hydrogens (tertiary/aromatic N) is 2. The zero-order valence-electron chi connectivity index (χ0n) is 9.95. The summed E-state index contributed by atoms with van der Waals surface area (Å²) < 4.78 is 5.00. The monoisotopic (exact) mass is 212 g/mol. The van der Waals surface area contributed by atoms with Gasteiger partial charge in [-0.3, -0.25) is 4.90 Å². The molecule has 1 aromatic rings. The van der Waals surface area contributed by atoms with Crippen molar-refractivity contribution in [3.8, 4) is 0 Å². The number of likely N-dealkylation sites (N-methyl/N-ethyl adjacent to an activating group) is 1. The average Bonchev–Trinajstić information content (AvgIpc) is 2.47. The molecule has 0 radical (unpaired) electrons. The Morgan fingerprint density at radius 3 is 2.60 bits per heavy atom. The Kier molecular flexibility index (Phi) is 3.88. The van der Waals surface area contributed by atoms with Crippen molar-refractivity contribution in [2.75, 3.05) is 13.1 Å². The standard InChI is InChI=1S/C11H20N2O2/c1-5-13(8-11(3,4)14)7-10-6-9(2)15-12-10/h6,14H,5,7-8H2,1-4H3. The molecule has 0 saturated heterocycles. The van der Waals surface area contributed by atoms with E-state index in [0.717, 1.165) is 24.5 Å². The summed E-state index contributed by atoms with van der Waals surface area (Å²) in [6.45, 7) is 9.80. The molecule has 1 heterocycles. The summed E-state index contributed by atoms with van der Waals surface area (Å²) in [5.74, 6) is 0.823. The van der Waals surface area contributed by atoms with Crippen LogP contribution < -0.4 is 0 Å². The van der Waals surface area contributed by atoms with Crippen LogP contribution in [0, 0.1) is 6.92 Å². The summed E-state index contributed by atoms with van der Waals surface area (Å²) in [5.41, 5.74) is 0.244. The summed E-state index contributed by atoms with van der Waals surface area (Å²) in [6, 6.07) is 1.92. The van der Waals surface area contributed by atoms with E-state index < -0.39 is 5.60 Å². The summed E-state index contributed by atoms with van der Waals surface area (Å²) in [4.78, 5) is 2.14. The predicted octanol–water partition coefficient (Wildman–Crippen LogP) is 1.58. The normalized spacial score (nSPS) is 12.4. The van der Waals surface area contributed by atoms with E-state index in [4.69, 9.17) is 4.52 Å². The van der Waals surface area contributed by atoms with Crippen LogP contribution in [0.4, 0.5) is 0 Å². The maximum absolute atomic E-state index is 9.72. The van der Waals surface area contributed by atoms with Crippen LogP contribution in [0.1, 0.15) is 32.2 Å². The fourth-order valence-corrected chi connectivity index (χ4v) is 1.55. The van der Waals surface area contributed by atoms with Crippen LogP contribution in [-0.2, 0) is 6.54 Å². The molecule has 0 unspecified atom stereocenters. The molecule has 0 aromatic carbocycles. The van der Waals surface area contributed by atoms with E-state index in [0.29, 0.717) is 6.54 Å². The lowest BCUT2D eigenvalue weighted by molar-refractivity contribution is 0.0347. The Morgan fingerprint density at radius 2 is 2.20 bits per heavy atom. The van der Waals surface area contributed by atoms with Gasteiger partial charge in [-0.25, -0.2) is 0 Å². The molecule has 0 spiro atoms. The summed E-state index contributed by atoms with van der Waals surface area (Å²) in [7, 11) is 0. The molecular formula is C11H20N2O2. The first-order valence-electron chi connectivity index (χ1n) is 5.27. The Labute approximate surface area is 90.9 Å². The molecule has 0 fully saturated rings. The zero-order valence-corrected chi connectivity index (χ0v) is 9.95. The third-order valence-electron chi connectivity index (χ3n) is 2.12. The topological polar surface area (TPSA) is 49.5 Å². The van der Waals surface area contributed by atoms with Crippen molar-refractivity contribution in [1.29, 1.82) is 0 Å². The first-order chi connectivity index (χ1) is 6.90. The lowest BCUT2D eigenvalue weighted by atomic mass is 10.1. The van der Waals surface area contributed by atoms with Gasteiger partial charge in [0.25, 0.3) is 0 Å². The van der Waals surface area contributed by atoms with Gasteiger partial charge in [-0.15, -0.1) is 0 Å². The van der Waals surface area contributed by atoms with Crippen LogP contribution in [0.25, 0.3) is 0 Å². The molecule has 0 amide bonds. The average molecular weight is 212 g/mol. The van der Waals surface area contributed by atoms with Gasteiger partial charge in [0.1, 0.15) is 5.76 Å². The van der Waals surface area contributed by atoms with Gasteiger partial charge in [-0.05, 0) is 27.3 Å². The quantitative estimate of drug-likeness (QED) is 0.805. The second-order valence-electron chi connectivity index (χ2n) is 4.54. The largest absolute Gasteiger partial charge is 0.389 e. The van der Waals surface area contributed by atoms with Gasteiger partial charge < -0.3 is 9.63 Å². The van der Waals surface area contributed by atoms with E-state index in [2.05, 4.69) is 17.0 Å². The lowest BCUT2D eigenvalue weighted by Gasteiger charge is -2.27. The predicted molar refractivity (Wildman–Crippen MR) is 58.5 cm³/mol. The van der Waals surface area contributed by atoms with Gasteiger partial charge in [0.2, 0.25) is 0 Å². The molecule has 86 valence electrons. The molecule has 1 rings (SSSR count). The SMILES string of the molecule is CCN(Cc1cc(C)on1)CC(C)(C)O. The fourth-order valence-electron chi connectivity index (χ4n) is 1.55. The molecule has 0 aliphatic carbocycles. The summed E-state index contributed by atoms with van der Waals surface area (Å²) >= 11 is 0. The highest BCUT2D eigenvalue weighted by molar-refractivity contribution is 5.03. The Hall–Kier alpha value is -0.870. The molecule has 0 aliphatic rings. The second-order valence-corrected chi connectivity index (χ2v) is 4.54. The van der Waals surface area contributed by atoms with Gasteiger partial charge in [-0.2, -0.15) is 0 Å². The molecule has 1 N–H and O–H groups in total. The molecule has 1 aromatic heterocycles. The molecule has 0 atom stereocenters. The van der Waals surface area contributed by atoms with E-state index in [9.17, 15) is 5.11 Å². The lowest BCUT2D eigenvalue weighted by Crippen LogP contribution is -2.38. The number of hydrogen-bond donors (Lipinski definition) is 1. The Morgan fingerprint density at radius 1 is 1.53 bits per heavy atom. The smallest absolute Gasteiger partial charge is 0.133 e. The summed E-state index contributed by atoms with van der Waals surface area (Å²) in [5, 5.41) is 13.7. The van der Waals surface area contributed by atoms with E-state index in [1.54, 1.807) is 0 Å². The number of rotatable bonds is 5. The van der Waals surface area contributed by atoms with Gasteiger partial charge in [0.15, 0.2) is 0 Å². The molecule has 15 heavy (non-hydrogen) atoms. The van der Waals surface area contributed by atoms with Crippen LogP contribution in [0.15, 0.2) is 10.6 Å². The minimum absolute atomic E-state index is 0.634. The summed E-state index contributed by atoms with van der Waals surface area (Å²) in [6.07, 6.45) is 0. The van der Waals surface area contributed by atoms with Crippen molar-refractivity contribution in [1.82, 2.24) is 10.1 Å². The first kappa shape index (κ1) is 12.2. The zero-order chi connectivity index (χ0) is 11.5. The highest BCUT2D eigenvalue weighted by Gasteiger charge is 2.18. The number of aliphatic hydroxyl groups is 1. The van der Waals surface area contributed by atoms with Gasteiger partial charge >= 0.3 is 0 Å². The minimum atomic E-state index is -0.672. The van der Waals surface area contributed by atoms with Crippen molar-refractivity contribution in [2.24, 2.45) is 0 Å². The number of hydrogen-bond acceptors (Lipinski definition) is 4. The highest BCUT2D eigenvalue weighted by atomic mass is 16.5. The van der Waals surface area contributed by atoms with Crippen LogP contribution in [0.5, 0.6) is 0 Å². The Bertz CT molecular complexity index is 302. The molecule has 4 heteroatoms. The van der Waals surface area contributed by atoms with Crippen molar-refractivity contribution in [3.05, 3.63) is 17.5 Å². The first-order valence-corrected chi connectivity index (χ1v) is 5.27. The maximum atomic E-state index is 9.72. The van der Waals surface area contributed by atoms with Crippen molar-refractivity contribution < 1.29 is 9.63 Å². The van der Waals surface area contributed by atoms with Gasteiger partial charge in [0.05, 0.1) is 11.3 Å². The molecule has 0 saturated carbocycles. The van der Waals surface area contributed by atoms with Crippen molar-refractivity contribution >= 4 is 0 Å². The highest BCUT2D eigenvalue weighted by Crippen LogP contribution is 2.09. The fraction of sp³-hybridized carbons (Fsp3) is 0.727. The molecule has 0 aliphatic heterocycles. The third kappa shape index (κ3) is 4.44. The minimum Gasteiger partial charge on any atom is -0.389 e. The molecular weight excluding hydrogens is 192 g/mol. The van der Waals surface area contributed by atoms with Crippen molar-refractivity contribution in [3.63, 3.8) is 0 Å². The van der Waals surface area contributed by atoms with E-state index in [-0.39, 0.29) is 0 Å². The number of aromatic nitrogens is 1. The van der Waals surface area contributed by atoms with Crippen molar-refractivity contribution in [2.45, 2.75) is 39.8 Å². The van der Waals surface area contributed by atoms with Crippen LogP contribution in [0.3, 0.4) is 0 Å². The van der Waals surface area contributed by atoms with Crippen LogP contribution in [-0.4, -0.2) is 33.9 Å². The van der Waals surface area contributed by atoms with Gasteiger partial charge in [0, 0.05) is 19.2 Å². The van der Waals surface area contributed by atoms with E-state index in [1.165, 1.54) is 0 Å². The number of aryl methyl sites for hydroxylation is 1. The van der Waals surface area contributed by atoms with E-state index >= 15 is 0 Å². The van der Waals surface area contributed by atoms with Gasteiger partial charge in [-0.1, -0.05) is 12.1 Å². The second kappa shape index (κ2) is 4.77. The van der Waals surface area contributed by atoms with E-state index in [1.807, 2.05) is 26.8 Å². The molecule has 0 bridgehead atoms. The molecule has 4 nitrogen and oxygen atoms in total. The Balaban J connectivity index is 2.54. The maximum Gasteiger partial charge on any atom is 0.133 e. The van der Waals surface area contributed by atoms with Crippen LogP contribution in [0.2, 0.25) is 0 Å². The third-order valence-corrected chi connectivity index (χ3v) is 2.12.